The number of hydrogen-bond donors (Lipinski definition) is 1. The van der Waals surface area contributed by atoms with Gasteiger partial charge in [0.25, 0.3) is 5.56 Å². The fourth-order valence-electron chi connectivity index (χ4n) is 4.39. The molecule has 198 valence electrons. The Morgan fingerprint density at radius 2 is 1.79 bits per heavy atom. The second kappa shape index (κ2) is 11.5. The number of allylic oxidation sites excluding steroid dienone is 1. The average Bonchev–Trinajstić information content (AvgIpc) is 3.26. The van der Waals surface area contributed by atoms with Crippen molar-refractivity contribution >= 4 is 29.1 Å². The second-order valence-electron chi connectivity index (χ2n) is 8.87. The third kappa shape index (κ3) is 5.55. The molecule has 1 unspecified atom stereocenters. The number of benzene rings is 3. The smallest absolute Gasteiger partial charge is 0.338 e. The van der Waals surface area contributed by atoms with Crippen molar-refractivity contribution in [2.24, 2.45) is 4.99 Å². The Kier molecular flexibility index (Phi) is 7.72. The molecular weight excluding hydrogens is 514 g/mol. The quantitative estimate of drug-likeness (QED) is 0.264. The zero-order chi connectivity index (χ0) is 27.4. The first-order valence-electron chi connectivity index (χ1n) is 12.4. The number of carbonyl (C=O) groups excluding carboxylic acids is 1. The Bertz CT molecular complexity index is 1690. The summed E-state index contributed by atoms with van der Waals surface area (Å²) in [6, 6.07) is 23.3. The summed E-state index contributed by atoms with van der Waals surface area (Å²) < 4.78 is 13.3. The lowest BCUT2D eigenvalue weighted by Crippen LogP contribution is -2.39. The van der Waals surface area contributed by atoms with E-state index in [0.29, 0.717) is 38.6 Å². The Labute approximate surface area is 228 Å². The van der Waals surface area contributed by atoms with Gasteiger partial charge in [-0.1, -0.05) is 65.9 Å². The van der Waals surface area contributed by atoms with E-state index in [2.05, 4.69) is 4.99 Å². The maximum atomic E-state index is 13.7. The number of thiazole rings is 1. The molecule has 5 rings (SSSR count). The van der Waals surface area contributed by atoms with Crippen LogP contribution < -0.4 is 25.1 Å². The Morgan fingerprint density at radius 1 is 1.08 bits per heavy atom. The third-order valence-corrected chi connectivity index (χ3v) is 7.27. The van der Waals surface area contributed by atoms with E-state index in [1.807, 2.05) is 78.3 Å². The Balaban J connectivity index is 1.45. The number of nitrogens with one attached hydrogen (secondary N) is 1. The SMILES string of the molecule is CCOC(=O)C1=C(C)N=c2s/c(=C\c3ccc(OCc4ccc(N[O-])cc4)cc3)c(=O)n2C1c1ccccc1. The van der Waals surface area contributed by atoms with E-state index in [9.17, 15) is 14.8 Å². The molecule has 3 aromatic carbocycles. The number of carbonyl (C=O) groups is 1. The molecule has 0 radical (unpaired) electrons. The van der Waals surface area contributed by atoms with Crippen LogP contribution in [0.1, 0.15) is 36.6 Å². The highest BCUT2D eigenvalue weighted by Crippen LogP contribution is 2.30. The maximum absolute atomic E-state index is 13.7. The van der Waals surface area contributed by atoms with Crippen LogP contribution in [-0.4, -0.2) is 17.1 Å². The van der Waals surface area contributed by atoms with E-state index in [0.717, 1.165) is 16.7 Å². The van der Waals surface area contributed by atoms with Gasteiger partial charge in [-0.05, 0) is 60.9 Å². The highest BCUT2D eigenvalue weighted by atomic mass is 32.1. The number of rotatable bonds is 8. The molecule has 39 heavy (non-hydrogen) atoms. The zero-order valence-corrected chi connectivity index (χ0v) is 22.2. The summed E-state index contributed by atoms with van der Waals surface area (Å²) in [5, 5.41) is 10.7. The minimum Gasteiger partial charge on any atom is -0.761 e. The van der Waals surface area contributed by atoms with Gasteiger partial charge in [0.1, 0.15) is 12.4 Å². The molecule has 1 N–H and O–H groups in total. The molecule has 0 amide bonds. The van der Waals surface area contributed by atoms with Crippen molar-refractivity contribution < 1.29 is 14.3 Å². The molecule has 9 heteroatoms. The second-order valence-corrected chi connectivity index (χ2v) is 9.88. The summed E-state index contributed by atoms with van der Waals surface area (Å²) in [5.41, 5.74) is 5.60. The van der Waals surface area contributed by atoms with E-state index in [-0.39, 0.29) is 12.2 Å². The summed E-state index contributed by atoms with van der Waals surface area (Å²) in [6.45, 7) is 4.11. The fourth-order valence-corrected chi connectivity index (χ4v) is 5.44. The number of nitrogens with zero attached hydrogens (tertiary/aromatic N) is 2. The molecule has 0 aliphatic carbocycles. The van der Waals surface area contributed by atoms with Gasteiger partial charge in [-0.25, -0.2) is 9.79 Å². The first kappa shape index (κ1) is 26.1. The molecule has 0 bridgehead atoms. The van der Waals surface area contributed by atoms with Crippen LogP contribution in [0.15, 0.2) is 99.9 Å². The summed E-state index contributed by atoms with van der Waals surface area (Å²) in [6.07, 6.45) is 1.81. The van der Waals surface area contributed by atoms with Crippen molar-refractivity contribution in [1.82, 2.24) is 4.57 Å². The Hall–Kier alpha value is -4.47. The largest absolute Gasteiger partial charge is 0.761 e. The van der Waals surface area contributed by atoms with Gasteiger partial charge in [-0.3, -0.25) is 9.36 Å². The maximum Gasteiger partial charge on any atom is 0.338 e. The summed E-state index contributed by atoms with van der Waals surface area (Å²) in [4.78, 5) is 31.7. The highest BCUT2D eigenvalue weighted by molar-refractivity contribution is 7.07. The molecule has 1 atom stereocenters. The minimum absolute atomic E-state index is 0.224. The number of aromatic nitrogens is 1. The molecule has 0 saturated heterocycles. The van der Waals surface area contributed by atoms with Crippen LogP contribution in [0.25, 0.3) is 6.08 Å². The number of hydrogen-bond acceptors (Lipinski definition) is 8. The van der Waals surface area contributed by atoms with Crippen molar-refractivity contribution in [1.29, 1.82) is 0 Å². The summed E-state index contributed by atoms with van der Waals surface area (Å²) in [5.74, 6) is 0.203. The van der Waals surface area contributed by atoms with Gasteiger partial charge >= 0.3 is 5.97 Å². The lowest BCUT2D eigenvalue weighted by Gasteiger charge is -2.24. The normalized spacial score (nSPS) is 14.9. The van der Waals surface area contributed by atoms with Crippen LogP contribution in [0.5, 0.6) is 5.75 Å². The molecular formula is C30H26N3O5S-. The van der Waals surface area contributed by atoms with Crippen LogP contribution in [-0.2, 0) is 16.1 Å². The molecule has 0 saturated carbocycles. The molecule has 1 aliphatic heterocycles. The predicted octanol–water partition coefficient (Wildman–Crippen LogP) is 4.29. The van der Waals surface area contributed by atoms with Gasteiger partial charge in [-0.2, -0.15) is 0 Å². The average molecular weight is 541 g/mol. The van der Waals surface area contributed by atoms with Gasteiger partial charge < -0.3 is 20.2 Å². The predicted molar refractivity (Wildman–Crippen MR) is 151 cm³/mol. The number of anilines is 1. The van der Waals surface area contributed by atoms with Crippen molar-refractivity contribution in [2.75, 3.05) is 12.1 Å². The zero-order valence-electron chi connectivity index (χ0n) is 21.4. The first-order valence-corrected chi connectivity index (χ1v) is 13.2. The highest BCUT2D eigenvalue weighted by Gasteiger charge is 2.33. The lowest BCUT2D eigenvalue weighted by atomic mass is 9.96. The molecule has 4 aromatic rings. The van der Waals surface area contributed by atoms with Crippen molar-refractivity contribution in [3.05, 3.63) is 132 Å². The van der Waals surface area contributed by atoms with E-state index < -0.39 is 12.0 Å². The number of ether oxygens (including phenoxy) is 2. The summed E-state index contributed by atoms with van der Waals surface area (Å²) in [7, 11) is 0. The summed E-state index contributed by atoms with van der Waals surface area (Å²) >= 11 is 1.28. The molecule has 1 aliphatic rings. The molecule has 1 aromatic heterocycles. The van der Waals surface area contributed by atoms with E-state index in [1.54, 1.807) is 30.5 Å². The number of fused-ring (bicyclic) bond motifs is 1. The van der Waals surface area contributed by atoms with Crippen molar-refractivity contribution in [3.63, 3.8) is 0 Å². The standard InChI is InChI=1S/C30H26N3O5S/c1-3-37-29(35)26-19(2)31-30-33(27(26)22-7-5-4-6-8-22)28(34)25(39-30)17-20-11-15-24(16-12-20)38-18-21-9-13-23(32-36)14-10-21/h4-17,27,32H,3,18H2,1-2H3/q-1/b25-17-. The van der Waals surface area contributed by atoms with Crippen molar-refractivity contribution in [2.45, 2.75) is 26.5 Å². The van der Waals surface area contributed by atoms with E-state index in [1.165, 1.54) is 11.3 Å². The van der Waals surface area contributed by atoms with Crippen LogP contribution >= 0.6 is 11.3 Å². The van der Waals surface area contributed by atoms with Gasteiger partial charge in [0.05, 0.1) is 28.5 Å². The monoisotopic (exact) mass is 540 g/mol. The van der Waals surface area contributed by atoms with E-state index >= 15 is 0 Å². The van der Waals surface area contributed by atoms with Gasteiger partial charge in [-0.15, -0.1) is 0 Å². The van der Waals surface area contributed by atoms with Crippen LogP contribution in [0.3, 0.4) is 0 Å². The van der Waals surface area contributed by atoms with Crippen LogP contribution in [0.2, 0.25) is 0 Å². The number of esters is 1. The molecule has 0 spiro atoms. The molecule has 0 fully saturated rings. The fraction of sp³-hybridized carbons (Fsp3) is 0.167. The van der Waals surface area contributed by atoms with Crippen molar-refractivity contribution in [3.8, 4) is 5.75 Å². The molecule has 8 nitrogen and oxygen atoms in total. The van der Waals surface area contributed by atoms with Crippen LogP contribution in [0, 0.1) is 5.21 Å². The molecule has 2 heterocycles. The van der Waals surface area contributed by atoms with E-state index in [4.69, 9.17) is 9.47 Å². The lowest BCUT2D eigenvalue weighted by molar-refractivity contribution is -0.139. The van der Waals surface area contributed by atoms with Gasteiger partial charge in [0, 0.05) is 5.69 Å². The Morgan fingerprint density at radius 3 is 2.46 bits per heavy atom. The third-order valence-electron chi connectivity index (χ3n) is 6.29. The van der Waals surface area contributed by atoms with Crippen LogP contribution in [0.4, 0.5) is 5.69 Å². The van der Waals surface area contributed by atoms with Gasteiger partial charge in [0.2, 0.25) is 0 Å². The minimum atomic E-state index is -0.627. The van der Waals surface area contributed by atoms with Gasteiger partial charge in [0.15, 0.2) is 4.80 Å². The first-order chi connectivity index (χ1) is 19.0. The topological polar surface area (TPSA) is 105 Å².